The van der Waals surface area contributed by atoms with Gasteiger partial charge in [0.2, 0.25) is 5.91 Å². The van der Waals surface area contributed by atoms with Crippen molar-refractivity contribution < 1.29 is 4.79 Å². The van der Waals surface area contributed by atoms with Crippen LogP contribution in [0.4, 0.5) is 5.69 Å². The Morgan fingerprint density at radius 2 is 2.29 bits per heavy atom. The van der Waals surface area contributed by atoms with Gasteiger partial charge in [-0.3, -0.25) is 4.79 Å². The monoisotopic (exact) mass is 356 g/mol. The van der Waals surface area contributed by atoms with Crippen molar-refractivity contribution in [3.8, 4) is 6.07 Å². The molecule has 2 rings (SSSR count). The average molecular weight is 358 g/mol. The highest BCUT2D eigenvalue weighted by molar-refractivity contribution is 9.10. The van der Waals surface area contributed by atoms with Gasteiger partial charge in [-0.2, -0.15) is 5.26 Å². The molecule has 1 aliphatic rings. The van der Waals surface area contributed by atoms with Gasteiger partial charge < -0.3 is 4.90 Å². The third kappa shape index (κ3) is 2.53. The van der Waals surface area contributed by atoms with Gasteiger partial charge in [-0.1, -0.05) is 31.9 Å². The number of amides is 1. The molecule has 0 bridgehead atoms. The lowest BCUT2D eigenvalue weighted by molar-refractivity contribution is -0.117. The summed E-state index contributed by atoms with van der Waals surface area (Å²) in [4.78, 5) is 13.6. The van der Waals surface area contributed by atoms with Gasteiger partial charge in [0.25, 0.3) is 0 Å². The zero-order chi connectivity index (χ0) is 12.4. The molecule has 1 fully saturated rings. The summed E-state index contributed by atoms with van der Waals surface area (Å²) >= 11 is 6.77. The van der Waals surface area contributed by atoms with E-state index >= 15 is 0 Å². The lowest BCUT2D eigenvalue weighted by Gasteiger charge is -2.18. The van der Waals surface area contributed by atoms with Crippen molar-refractivity contribution in [1.82, 2.24) is 0 Å². The van der Waals surface area contributed by atoms with Crippen LogP contribution in [0.25, 0.3) is 0 Å². The molecule has 3 nitrogen and oxygen atoms in total. The molecule has 1 aliphatic heterocycles. The highest BCUT2D eigenvalue weighted by atomic mass is 79.9. The fourth-order valence-electron chi connectivity index (χ4n) is 1.94. The second-order valence-electron chi connectivity index (χ2n) is 4.00. The number of benzene rings is 1. The molecule has 1 saturated heterocycles. The minimum Gasteiger partial charge on any atom is -0.311 e. The standard InChI is InChI=1S/C12H10Br2N2O/c13-5-8-3-12(17)16(7-8)11-4-10(14)2-1-9(11)6-15/h1-2,4,8H,3,5,7H2. The van der Waals surface area contributed by atoms with Crippen LogP contribution in [0.1, 0.15) is 12.0 Å². The number of alkyl halides is 1. The Morgan fingerprint density at radius 3 is 2.88 bits per heavy atom. The van der Waals surface area contributed by atoms with Crippen LogP contribution >= 0.6 is 31.9 Å². The highest BCUT2D eigenvalue weighted by Gasteiger charge is 2.31. The summed E-state index contributed by atoms with van der Waals surface area (Å²) < 4.78 is 0.876. The number of carbonyl (C=O) groups is 1. The van der Waals surface area contributed by atoms with Crippen molar-refractivity contribution in [2.45, 2.75) is 6.42 Å². The Bertz CT molecular complexity index is 496. The van der Waals surface area contributed by atoms with E-state index in [9.17, 15) is 4.79 Å². The lowest BCUT2D eigenvalue weighted by atomic mass is 10.1. The Morgan fingerprint density at radius 1 is 1.53 bits per heavy atom. The highest BCUT2D eigenvalue weighted by Crippen LogP contribution is 2.30. The molecule has 0 spiro atoms. The van der Waals surface area contributed by atoms with Crippen LogP contribution in [0.5, 0.6) is 0 Å². The van der Waals surface area contributed by atoms with Crippen molar-refractivity contribution in [2.24, 2.45) is 5.92 Å². The second kappa shape index (κ2) is 5.19. The summed E-state index contributed by atoms with van der Waals surface area (Å²) in [6.07, 6.45) is 0.544. The predicted octanol–water partition coefficient (Wildman–Crippen LogP) is 3.07. The van der Waals surface area contributed by atoms with Gasteiger partial charge in [-0.25, -0.2) is 0 Å². The number of nitriles is 1. The van der Waals surface area contributed by atoms with Gasteiger partial charge in [-0.05, 0) is 24.1 Å². The lowest BCUT2D eigenvalue weighted by Crippen LogP contribution is -2.25. The van der Waals surface area contributed by atoms with Crippen LogP contribution in [-0.2, 0) is 4.79 Å². The molecule has 1 aromatic rings. The van der Waals surface area contributed by atoms with Crippen LogP contribution in [0, 0.1) is 17.2 Å². The number of rotatable bonds is 2. The fourth-order valence-corrected chi connectivity index (χ4v) is 2.72. The number of nitrogens with zero attached hydrogens (tertiary/aromatic N) is 2. The molecule has 1 heterocycles. The molecule has 0 aliphatic carbocycles. The van der Waals surface area contributed by atoms with E-state index in [1.807, 2.05) is 12.1 Å². The predicted molar refractivity (Wildman–Crippen MR) is 73.1 cm³/mol. The van der Waals surface area contributed by atoms with Crippen molar-refractivity contribution in [3.63, 3.8) is 0 Å². The van der Waals surface area contributed by atoms with E-state index in [0.29, 0.717) is 30.1 Å². The molecule has 17 heavy (non-hydrogen) atoms. The van der Waals surface area contributed by atoms with E-state index in [0.717, 1.165) is 9.80 Å². The van der Waals surface area contributed by atoms with E-state index in [-0.39, 0.29) is 5.91 Å². The first-order valence-corrected chi connectivity index (χ1v) is 7.13. The van der Waals surface area contributed by atoms with Crippen LogP contribution in [0.3, 0.4) is 0 Å². The van der Waals surface area contributed by atoms with Gasteiger partial charge in [0.05, 0.1) is 11.3 Å². The Labute approximate surface area is 117 Å². The van der Waals surface area contributed by atoms with E-state index in [1.165, 1.54) is 0 Å². The quantitative estimate of drug-likeness (QED) is 0.763. The topological polar surface area (TPSA) is 44.1 Å². The van der Waals surface area contributed by atoms with Crippen molar-refractivity contribution >= 4 is 43.5 Å². The maximum atomic E-state index is 11.9. The first-order chi connectivity index (χ1) is 8.15. The van der Waals surface area contributed by atoms with E-state index in [2.05, 4.69) is 37.9 Å². The van der Waals surface area contributed by atoms with Crippen LogP contribution in [-0.4, -0.2) is 17.8 Å². The molecule has 1 atom stereocenters. The van der Waals surface area contributed by atoms with Gasteiger partial charge >= 0.3 is 0 Å². The van der Waals surface area contributed by atoms with Crippen LogP contribution < -0.4 is 4.90 Å². The molecule has 1 aromatic carbocycles. The Kier molecular flexibility index (Phi) is 3.85. The number of anilines is 1. The smallest absolute Gasteiger partial charge is 0.227 e. The zero-order valence-electron chi connectivity index (χ0n) is 8.99. The number of hydrogen-bond donors (Lipinski definition) is 0. The summed E-state index contributed by atoms with van der Waals surface area (Å²) in [7, 11) is 0. The summed E-state index contributed by atoms with van der Waals surface area (Å²) in [5.74, 6) is 0.414. The molecular weight excluding hydrogens is 348 g/mol. The average Bonchev–Trinajstić information content (AvgIpc) is 2.70. The summed E-state index contributed by atoms with van der Waals surface area (Å²) in [6, 6.07) is 7.49. The van der Waals surface area contributed by atoms with Crippen LogP contribution in [0.2, 0.25) is 0 Å². The molecule has 5 heteroatoms. The molecule has 0 radical (unpaired) electrons. The Hall–Kier alpha value is -0.860. The van der Waals surface area contributed by atoms with Gasteiger partial charge in [0.15, 0.2) is 0 Å². The molecular formula is C12H10Br2N2O. The number of halogens is 2. The maximum absolute atomic E-state index is 11.9. The second-order valence-corrected chi connectivity index (χ2v) is 5.57. The molecule has 0 aromatic heterocycles. The minimum atomic E-state index is 0.0871. The molecule has 0 N–H and O–H groups in total. The minimum absolute atomic E-state index is 0.0871. The zero-order valence-corrected chi connectivity index (χ0v) is 12.2. The van der Waals surface area contributed by atoms with Gasteiger partial charge in [0.1, 0.15) is 6.07 Å². The largest absolute Gasteiger partial charge is 0.311 e. The fraction of sp³-hybridized carbons (Fsp3) is 0.333. The van der Waals surface area contributed by atoms with Crippen molar-refractivity contribution in [2.75, 3.05) is 16.8 Å². The van der Waals surface area contributed by atoms with Crippen molar-refractivity contribution in [3.05, 3.63) is 28.2 Å². The van der Waals surface area contributed by atoms with Crippen molar-refractivity contribution in [1.29, 1.82) is 5.26 Å². The SMILES string of the molecule is N#Cc1ccc(Br)cc1N1CC(CBr)CC1=O. The van der Waals surface area contributed by atoms with Crippen LogP contribution in [0.15, 0.2) is 22.7 Å². The Balaban J connectivity index is 2.37. The van der Waals surface area contributed by atoms with Gasteiger partial charge in [0, 0.05) is 22.8 Å². The van der Waals surface area contributed by atoms with Gasteiger partial charge in [-0.15, -0.1) is 0 Å². The summed E-state index contributed by atoms with van der Waals surface area (Å²) in [6.45, 7) is 0.676. The number of hydrogen-bond acceptors (Lipinski definition) is 2. The van der Waals surface area contributed by atoms with E-state index in [4.69, 9.17) is 5.26 Å². The van der Waals surface area contributed by atoms with E-state index in [1.54, 1.807) is 11.0 Å². The molecule has 1 amide bonds. The third-order valence-electron chi connectivity index (χ3n) is 2.79. The maximum Gasteiger partial charge on any atom is 0.227 e. The summed E-state index contributed by atoms with van der Waals surface area (Å²) in [5, 5.41) is 9.88. The third-order valence-corrected chi connectivity index (χ3v) is 4.20. The normalized spacial score (nSPS) is 19.5. The number of carbonyl (C=O) groups excluding carboxylic acids is 1. The molecule has 0 saturated carbocycles. The molecule has 88 valence electrons. The summed E-state index contributed by atoms with van der Waals surface area (Å²) in [5.41, 5.74) is 1.24. The first-order valence-electron chi connectivity index (χ1n) is 5.21. The molecule has 1 unspecified atom stereocenters. The van der Waals surface area contributed by atoms with E-state index < -0.39 is 0 Å². The first kappa shape index (κ1) is 12.6.